The van der Waals surface area contributed by atoms with Crippen molar-refractivity contribution in [2.24, 2.45) is 0 Å². The Hall–Kier alpha value is -0.600. The van der Waals surface area contributed by atoms with Gasteiger partial charge in [-0.3, -0.25) is 0 Å². The number of ether oxygens (including phenoxy) is 1. The lowest BCUT2D eigenvalue weighted by Gasteiger charge is -2.14. The van der Waals surface area contributed by atoms with Crippen LogP contribution in [0.2, 0.25) is 5.28 Å². The fourth-order valence-electron chi connectivity index (χ4n) is 1.70. The maximum atomic E-state index is 9.59. The topological polar surface area (TPSA) is 87.5 Å². The Balaban J connectivity index is 1.60. The molecule has 2 heterocycles. The number of nitrogens with one attached hydrogen (secondary N) is 1. The fraction of sp³-hybridized carbons (Fsp3) is 0.636. The summed E-state index contributed by atoms with van der Waals surface area (Å²) in [6, 6.07) is 1.75. The highest BCUT2D eigenvalue weighted by Gasteiger charge is 2.33. The molecule has 3 N–H and O–H groups in total. The lowest BCUT2D eigenvalue weighted by atomic mass is 10.2. The number of thioether (sulfide) groups is 1. The van der Waals surface area contributed by atoms with E-state index in [1.165, 1.54) is 0 Å². The van der Waals surface area contributed by atoms with Gasteiger partial charge in [0.05, 0.1) is 12.7 Å². The highest BCUT2D eigenvalue weighted by molar-refractivity contribution is 7.99. The Labute approximate surface area is 120 Å². The summed E-state index contributed by atoms with van der Waals surface area (Å²) < 4.78 is 5.28. The molecule has 19 heavy (non-hydrogen) atoms. The van der Waals surface area contributed by atoms with E-state index in [2.05, 4.69) is 15.3 Å². The molecule has 0 aromatic carbocycles. The van der Waals surface area contributed by atoms with Crippen molar-refractivity contribution in [1.29, 1.82) is 0 Å². The molecule has 0 saturated carbocycles. The van der Waals surface area contributed by atoms with E-state index in [-0.39, 0.29) is 18.0 Å². The fourth-order valence-corrected chi connectivity index (χ4v) is 2.78. The molecule has 0 aliphatic carbocycles. The van der Waals surface area contributed by atoms with Crippen molar-refractivity contribution in [3.63, 3.8) is 0 Å². The first kappa shape index (κ1) is 14.8. The second-order valence-corrected chi connectivity index (χ2v) is 5.63. The van der Waals surface area contributed by atoms with Crippen molar-refractivity contribution in [2.75, 3.05) is 30.0 Å². The first-order chi connectivity index (χ1) is 9.16. The minimum absolute atomic E-state index is 0.212. The van der Waals surface area contributed by atoms with Crippen LogP contribution in [0.25, 0.3) is 0 Å². The summed E-state index contributed by atoms with van der Waals surface area (Å²) >= 11 is 7.31. The van der Waals surface area contributed by atoms with Crippen LogP contribution < -0.4 is 5.32 Å². The van der Waals surface area contributed by atoms with Crippen molar-refractivity contribution in [1.82, 2.24) is 9.97 Å². The quantitative estimate of drug-likeness (QED) is 0.518. The van der Waals surface area contributed by atoms with Crippen LogP contribution in [0, 0.1) is 0 Å². The van der Waals surface area contributed by atoms with Crippen LogP contribution in [-0.2, 0) is 4.74 Å². The number of aromatic nitrogens is 2. The number of aliphatic hydroxyl groups is 2. The van der Waals surface area contributed by atoms with Crippen molar-refractivity contribution in [2.45, 2.75) is 18.3 Å². The molecule has 1 aromatic heterocycles. The first-order valence-electron chi connectivity index (χ1n) is 5.94. The summed E-state index contributed by atoms with van der Waals surface area (Å²) in [5.41, 5.74) is 0. The van der Waals surface area contributed by atoms with Gasteiger partial charge in [-0.25, -0.2) is 9.97 Å². The number of nitrogens with zero attached hydrogens (tertiary/aromatic N) is 2. The average molecular weight is 306 g/mol. The van der Waals surface area contributed by atoms with Crippen molar-refractivity contribution >= 4 is 29.2 Å². The van der Waals surface area contributed by atoms with Crippen LogP contribution in [0.1, 0.15) is 0 Å². The van der Waals surface area contributed by atoms with E-state index in [4.69, 9.17) is 16.3 Å². The molecule has 1 aromatic rings. The Bertz CT molecular complexity index is 413. The predicted octanol–water partition coefficient (Wildman–Crippen LogP) is 0.396. The summed E-state index contributed by atoms with van der Waals surface area (Å²) in [4.78, 5) is 7.80. The van der Waals surface area contributed by atoms with Gasteiger partial charge in [0.1, 0.15) is 18.0 Å². The largest absolute Gasteiger partial charge is 0.388 e. The van der Waals surface area contributed by atoms with Crippen LogP contribution in [0.15, 0.2) is 12.3 Å². The maximum absolute atomic E-state index is 9.59. The molecular weight excluding hydrogens is 290 g/mol. The van der Waals surface area contributed by atoms with Crippen molar-refractivity contribution in [3.8, 4) is 0 Å². The van der Waals surface area contributed by atoms with Crippen molar-refractivity contribution < 1.29 is 14.9 Å². The standard InChI is InChI=1S/C11H16ClN3O3S/c12-11-14-2-1-9(15-11)13-3-4-19-6-8-10(17)7(16)5-18-8/h1-2,7-8,10,16-17H,3-6H2,(H,13,14,15)/t7-,8+,10-/m1/s1. The van der Waals surface area contributed by atoms with Crippen molar-refractivity contribution in [3.05, 3.63) is 17.5 Å². The second kappa shape index (κ2) is 7.25. The van der Waals surface area contributed by atoms with Gasteiger partial charge in [0.15, 0.2) is 0 Å². The second-order valence-electron chi connectivity index (χ2n) is 4.14. The molecule has 106 valence electrons. The third-order valence-electron chi connectivity index (χ3n) is 2.72. The molecule has 2 rings (SSSR count). The van der Waals surface area contributed by atoms with Crippen LogP contribution in [0.3, 0.4) is 0 Å². The molecule has 0 bridgehead atoms. The Morgan fingerprint density at radius 2 is 2.37 bits per heavy atom. The predicted molar refractivity (Wildman–Crippen MR) is 74.6 cm³/mol. The van der Waals surface area contributed by atoms with Gasteiger partial charge in [-0.15, -0.1) is 0 Å². The third kappa shape index (κ3) is 4.47. The Kier molecular flexibility index (Phi) is 5.65. The summed E-state index contributed by atoms with van der Waals surface area (Å²) in [7, 11) is 0. The van der Waals surface area contributed by atoms with Crippen LogP contribution in [-0.4, -0.2) is 63.2 Å². The van der Waals surface area contributed by atoms with Gasteiger partial charge < -0.3 is 20.3 Å². The molecule has 1 saturated heterocycles. The zero-order chi connectivity index (χ0) is 13.7. The average Bonchev–Trinajstić information content (AvgIpc) is 2.70. The highest BCUT2D eigenvalue weighted by atomic mass is 35.5. The zero-order valence-electron chi connectivity index (χ0n) is 10.2. The van der Waals surface area contributed by atoms with E-state index in [9.17, 15) is 10.2 Å². The molecule has 0 radical (unpaired) electrons. The van der Waals surface area contributed by atoms with Gasteiger partial charge in [-0.1, -0.05) is 0 Å². The van der Waals surface area contributed by atoms with Gasteiger partial charge >= 0.3 is 0 Å². The van der Waals surface area contributed by atoms with E-state index >= 15 is 0 Å². The first-order valence-corrected chi connectivity index (χ1v) is 7.48. The minimum atomic E-state index is -0.777. The lowest BCUT2D eigenvalue weighted by Crippen LogP contribution is -2.31. The number of halogens is 1. The summed E-state index contributed by atoms with van der Waals surface area (Å²) in [5, 5.41) is 22.2. The van der Waals surface area contributed by atoms with E-state index < -0.39 is 12.2 Å². The highest BCUT2D eigenvalue weighted by Crippen LogP contribution is 2.18. The summed E-state index contributed by atoms with van der Waals surface area (Å²) in [6.07, 6.45) is -0.226. The van der Waals surface area contributed by atoms with Crippen LogP contribution in [0.5, 0.6) is 0 Å². The smallest absolute Gasteiger partial charge is 0.224 e. The maximum Gasteiger partial charge on any atom is 0.224 e. The van der Waals surface area contributed by atoms with Gasteiger partial charge in [0, 0.05) is 24.2 Å². The normalized spacial score (nSPS) is 26.6. The van der Waals surface area contributed by atoms with E-state index in [0.29, 0.717) is 11.6 Å². The zero-order valence-corrected chi connectivity index (χ0v) is 11.8. The molecule has 1 aliphatic heterocycles. The van der Waals surface area contributed by atoms with Gasteiger partial charge in [-0.2, -0.15) is 11.8 Å². The molecule has 0 spiro atoms. The van der Waals surface area contributed by atoms with Crippen LogP contribution in [0.4, 0.5) is 5.82 Å². The van der Waals surface area contributed by atoms with Gasteiger partial charge in [0.25, 0.3) is 0 Å². The van der Waals surface area contributed by atoms with E-state index in [1.54, 1.807) is 24.0 Å². The van der Waals surface area contributed by atoms with Crippen LogP contribution >= 0.6 is 23.4 Å². The molecule has 1 aliphatic rings. The molecular formula is C11H16ClN3O3S. The molecule has 1 fully saturated rings. The number of aliphatic hydroxyl groups excluding tert-OH is 2. The van der Waals surface area contributed by atoms with Gasteiger partial charge in [0.2, 0.25) is 5.28 Å². The molecule has 0 amide bonds. The number of rotatable bonds is 6. The third-order valence-corrected chi connectivity index (χ3v) is 3.96. The SMILES string of the molecule is O[C@@H]1[C@H](O)CO[C@H]1CSCCNc1ccnc(Cl)n1. The van der Waals surface area contributed by atoms with E-state index in [1.807, 2.05) is 0 Å². The van der Waals surface area contributed by atoms with Gasteiger partial charge in [-0.05, 0) is 17.7 Å². The summed E-state index contributed by atoms with van der Waals surface area (Å²) in [5.74, 6) is 2.18. The molecule has 8 heteroatoms. The molecule has 6 nitrogen and oxygen atoms in total. The number of hydrogen-bond donors (Lipinski definition) is 3. The summed E-state index contributed by atoms with van der Waals surface area (Å²) in [6.45, 7) is 0.938. The monoisotopic (exact) mass is 305 g/mol. The molecule has 3 atom stereocenters. The number of anilines is 1. The van der Waals surface area contributed by atoms with E-state index in [0.717, 1.165) is 12.3 Å². The molecule has 0 unspecified atom stereocenters. The lowest BCUT2D eigenvalue weighted by molar-refractivity contribution is 0.0337. The minimum Gasteiger partial charge on any atom is -0.388 e. The number of hydrogen-bond acceptors (Lipinski definition) is 7. The Morgan fingerprint density at radius 3 is 3.05 bits per heavy atom. The Morgan fingerprint density at radius 1 is 1.53 bits per heavy atom.